The standard InChI is InChI=1S/C26H30N2O5/c1-16(2)22(14-24(29)28-13-7-12-23(28)25(30)31)27-26(32)33-15-21-19-10-5-3-8-17(19)18-9-4-6-11-20(18)21/h3-6,8-11,16,21-23H,7,12-15H2,1-2H3,(H,27,32)(H,30,31)/t22-,23+/m0/s1. The second-order valence-electron chi connectivity index (χ2n) is 9.11. The molecule has 1 saturated heterocycles. The number of carbonyl (C=O) groups excluding carboxylic acids is 2. The van der Waals surface area contributed by atoms with Gasteiger partial charge in [0.1, 0.15) is 12.6 Å². The lowest BCUT2D eigenvalue weighted by Gasteiger charge is -2.27. The number of rotatable bonds is 7. The van der Waals surface area contributed by atoms with Crippen LogP contribution in [0.2, 0.25) is 0 Å². The van der Waals surface area contributed by atoms with Gasteiger partial charge in [0.2, 0.25) is 5.91 Å². The van der Waals surface area contributed by atoms with Crippen LogP contribution in [0.25, 0.3) is 11.1 Å². The lowest BCUT2D eigenvalue weighted by molar-refractivity contribution is -0.148. The number of fused-ring (bicyclic) bond motifs is 3. The van der Waals surface area contributed by atoms with Crippen molar-refractivity contribution in [3.05, 3.63) is 59.7 Å². The number of alkyl carbamates (subject to hydrolysis) is 1. The smallest absolute Gasteiger partial charge is 0.407 e. The van der Waals surface area contributed by atoms with E-state index in [0.717, 1.165) is 22.3 Å². The molecule has 4 rings (SSSR count). The number of carbonyl (C=O) groups is 3. The highest BCUT2D eigenvalue weighted by Crippen LogP contribution is 2.44. The van der Waals surface area contributed by atoms with Gasteiger partial charge < -0.3 is 20.1 Å². The molecular formula is C26H30N2O5. The number of benzene rings is 2. The summed E-state index contributed by atoms with van der Waals surface area (Å²) in [6.07, 6.45) is 0.618. The van der Waals surface area contributed by atoms with E-state index in [-0.39, 0.29) is 30.8 Å². The summed E-state index contributed by atoms with van der Waals surface area (Å²) in [4.78, 5) is 38.3. The third kappa shape index (κ3) is 4.72. The van der Waals surface area contributed by atoms with E-state index < -0.39 is 24.1 Å². The van der Waals surface area contributed by atoms with E-state index >= 15 is 0 Å². The molecule has 0 spiro atoms. The Bertz CT molecular complexity index is 1000. The highest BCUT2D eigenvalue weighted by molar-refractivity contribution is 5.85. The fourth-order valence-electron chi connectivity index (χ4n) is 4.87. The molecule has 0 bridgehead atoms. The molecule has 2 aliphatic rings. The van der Waals surface area contributed by atoms with Gasteiger partial charge in [0.05, 0.1) is 0 Å². The molecule has 1 heterocycles. The van der Waals surface area contributed by atoms with Crippen molar-refractivity contribution in [2.75, 3.05) is 13.2 Å². The zero-order chi connectivity index (χ0) is 23.5. The molecule has 0 saturated carbocycles. The molecule has 0 unspecified atom stereocenters. The molecule has 2 atom stereocenters. The Morgan fingerprint density at radius 3 is 2.24 bits per heavy atom. The van der Waals surface area contributed by atoms with Crippen molar-refractivity contribution >= 4 is 18.0 Å². The van der Waals surface area contributed by atoms with E-state index in [1.165, 1.54) is 4.90 Å². The molecule has 7 heteroatoms. The number of likely N-dealkylation sites (tertiary alicyclic amines) is 1. The third-order valence-corrected chi connectivity index (χ3v) is 6.70. The van der Waals surface area contributed by atoms with Gasteiger partial charge in [0.25, 0.3) is 0 Å². The zero-order valence-corrected chi connectivity index (χ0v) is 19.0. The molecule has 7 nitrogen and oxygen atoms in total. The summed E-state index contributed by atoms with van der Waals surface area (Å²) >= 11 is 0. The molecule has 2 N–H and O–H groups in total. The normalized spacial score (nSPS) is 18.0. The van der Waals surface area contributed by atoms with Gasteiger partial charge in [0, 0.05) is 24.9 Å². The molecule has 33 heavy (non-hydrogen) atoms. The van der Waals surface area contributed by atoms with E-state index in [1.807, 2.05) is 38.1 Å². The maximum Gasteiger partial charge on any atom is 0.407 e. The molecule has 2 amide bonds. The van der Waals surface area contributed by atoms with Crippen LogP contribution in [0, 0.1) is 5.92 Å². The minimum atomic E-state index is -0.980. The third-order valence-electron chi connectivity index (χ3n) is 6.70. The first-order valence-electron chi connectivity index (χ1n) is 11.5. The molecule has 1 aliphatic carbocycles. The fraction of sp³-hybridized carbons (Fsp3) is 0.423. The van der Waals surface area contributed by atoms with E-state index in [9.17, 15) is 19.5 Å². The highest BCUT2D eigenvalue weighted by Gasteiger charge is 2.35. The second-order valence-corrected chi connectivity index (χ2v) is 9.11. The predicted octanol–water partition coefficient (Wildman–Crippen LogP) is 4.02. The van der Waals surface area contributed by atoms with Crippen LogP contribution < -0.4 is 5.32 Å². The maximum atomic E-state index is 12.8. The number of carboxylic acids is 1. The van der Waals surface area contributed by atoms with Crippen LogP contribution in [0.1, 0.15) is 50.2 Å². The summed E-state index contributed by atoms with van der Waals surface area (Å²) in [5, 5.41) is 12.2. The highest BCUT2D eigenvalue weighted by atomic mass is 16.5. The lowest BCUT2D eigenvalue weighted by atomic mass is 9.98. The average molecular weight is 451 g/mol. The molecule has 2 aromatic rings. The minimum Gasteiger partial charge on any atom is -0.480 e. The quantitative estimate of drug-likeness (QED) is 0.664. The van der Waals surface area contributed by atoms with Crippen LogP contribution in [0.3, 0.4) is 0 Å². The Morgan fingerprint density at radius 1 is 1.06 bits per heavy atom. The molecule has 0 aromatic heterocycles. The van der Waals surface area contributed by atoms with E-state index in [1.54, 1.807) is 0 Å². The Morgan fingerprint density at radius 2 is 1.67 bits per heavy atom. The summed E-state index contributed by atoms with van der Waals surface area (Å²) in [6, 6.07) is 15.0. The lowest BCUT2D eigenvalue weighted by Crippen LogP contribution is -2.46. The van der Waals surface area contributed by atoms with Gasteiger partial charge in [-0.3, -0.25) is 4.79 Å². The number of carboxylic acid groups (broad SMARTS) is 1. The van der Waals surface area contributed by atoms with Gasteiger partial charge in [-0.15, -0.1) is 0 Å². The van der Waals surface area contributed by atoms with Gasteiger partial charge in [-0.1, -0.05) is 62.4 Å². The topological polar surface area (TPSA) is 95.9 Å². The SMILES string of the molecule is CC(C)[C@H](CC(=O)N1CCC[C@@H]1C(=O)O)NC(=O)OCC1c2ccccc2-c2ccccc21. The van der Waals surface area contributed by atoms with Crippen LogP contribution in [0.5, 0.6) is 0 Å². The largest absolute Gasteiger partial charge is 0.480 e. The van der Waals surface area contributed by atoms with Crippen LogP contribution in [0.15, 0.2) is 48.5 Å². The Hall–Kier alpha value is -3.35. The van der Waals surface area contributed by atoms with E-state index in [2.05, 4.69) is 29.6 Å². The number of nitrogens with zero attached hydrogens (tertiary/aromatic N) is 1. The number of hydrogen-bond donors (Lipinski definition) is 2. The van der Waals surface area contributed by atoms with Crippen molar-refractivity contribution in [3.8, 4) is 11.1 Å². The fourth-order valence-corrected chi connectivity index (χ4v) is 4.87. The number of aliphatic carboxylic acids is 1. The summed E-state index contributed by atoms with van der Waals surface area (Å²) < 4.78 is 5.62. The van der Waals surface area contributed by atoms with Gasteiger partial charge >= 0.3 is 12.1 Å². The Labute approximate surface area is 193 Å². The average Bonchev–Trinajstić information content (AvgIpc) is 3.41. The van der Waals surface area contributed by atoms with Gasteiger partial charge in [-0.25, -0.2) is 9.59 Å². The molecule has 174 valence electrons. The molecular weight excluding hydrogens is 420 g/mol. The summed E-state index contributed by atoms with van der Waals surface area (Å²) in [5.41, 5.74) is 4.59. The van der Waals surface area contributed by atoms with Crippen molar-refractivity contribution in [1.29, 1.82) is 0 Å². The van der Waals surface area contributed by atoms with Crippen LogP contribution in [0.4, 0.5) is 4.79 Å². The molecule has 0 radical (unpaired) electrons. The summed E-state index contributed by atoms with van der Waals surface area (Å²) in [7, 11) is 0. The van der Waals surface area contributed by atoms with Crippen molar-refractivity contribution in [3.63, 3.8) is 0 Å². The zero-order valence-electron chi connectivity index (χ0n) is 19.0. The van der Waals surface area contributed by atoms with Crippen LogP contribution in [-0.4, -0.2) is 53.2 Å². The van der Waals surface area contributed by atoms with Crippen LogP contribution >= 0.6 is 0 Å². The van der Waals surface area contributed by atoms with Crippen molar-refractivity contribution < 1.29 is 24.2 Å². The first-order valence-corrected chi connectivity index (χ1v) is 11.5. The summed E-state index contributed by atoms with van der Waals surface area (Å²) in [6.45, 7) is 4.47. The van der Waals surface area contributed by atoms with Gasteiger partial charge in [0.15, 0.2) is 0 Å². The molecule has 1 aliphatic heterocycles. The number of hydrogen-bond acceptors (Lipinski definition) is 4. The van der Waals surface area contributed by atoms with Crippen molar-refractivity contribution in [1.82, 2.24) is 10.2 Å². The molecule has 1 fully saturated rings. The minimum absolute atomic E-state index is 0.0136. The van der Waals surface area contributed by atoms with Crippen LogP contribution in [-0.2, 0) is 14.3 Å². The molecule has 2 aromatic carbocycles. The Kier molecular flexibility index (Phi) is 6.67. The van der Waals surface area contributed by atoms with Gasteiger partial charge in [-0.05, 0) is 41.0 Å². The predicted molar refractivity (Wildman–Crippen MR) is 124 cm³/mol. The second kappa shape index (κ2) is 9.65. The van der Waals surface area contributed by atoms with E-state index in [0.29, 0.717) is 19.4 Å². The first kappa shape index (κ1) is 22.8. The van der Waals surface area contributed by atoms with E-state index in [4.69, 9.17) is 4.74 Å². The Balaban J connectivity index is 1.38. The number of ether oxygens (including phenoxy) is 1. The monoisotopic (exact) mass is 450 g/mol. The van der Waals surface area contributed by atoms with Gasteiger partial charge in [-0.2, -0.15) is 0 Å². The maximum absolute atomic E-state index is 12.8. The number of nitrogens with one attached hydrogen (secondary N) is 1. The summed E-state index contributed by atoms with van der Waals surface area (Å²) in [5.74, 6) is -1.28. The number of amides is 2. The van der Waals surface area contributed by atoms with Crippen molar-refractivity contribution in [2.24, 2.45) is 5.92 Å². The van der Waals surface area contributed by atoms with Crippen molar-refractivity contribution in [2.45, 2.75) is 51.1 Å². The first-order chi connectivity index (χ1) is 15.9.